The van der Waals surface area contributed by atoms with E-state index in [2.05, 4.69) is 50.4 Å². The molecule has 6 nitrogen and oxygen atoms in total. The Balaban J connectivity index is 0.00000205. The van der Waals surface area contributed by atoms with Crippen LogP contribution in [0, 0.1) is 12.8 Å². The lowest BCUT2D eigenvalue weighted by molar-refractivity contribution is 0.299. The number of oxazole rings is 1. The van der Waals surface area contributed by atoms with Gasteiger partial charge in [-0.05, 0) is 37.8 Å². The standard InChI is InChI=1S/C21H25N5OS.ClH/c1-15-18(27-14-22-15)19-23-24-20(25(19)2)28-10-6-9-26-12-17-11-21(17,13-26)16-7-4-3-5-8-16;/h3-5,7-8,14,17H,6,9-13H2,1-2H3;1H. The highest BCUT2D eigenvalue weighted by atomic mass is 35.5. The molecular formula is C21H26ClN5OS. The predicted molar refractivity (Wildman–Crippen MR) is 116 cm³/mol. The van der Waals surface area contributed by atoms with Crippen LogP contribution in [0.1, 0.15) is 24.1 Å². The lowest BCUT2D eigenvalue weighted by Crippen LogP contribution is -2.27. The van der Waals surface area contributed by atoms with E-state index in [0.717, 1.165) is 41.3 Å². The molecule has 0 spiro atoms. The van der Waals surface area contributed by atoms with Crippen LogP contribution in [0.5, 0.6) is 0 Å². The summed E-state index contributed by atoms with van der Waals surface area (Å²) in [6.45, 7) is 5.54. The minimum Gasteiger partial charge on any atom is -0.440 e. The van der Waals surface area contributed by atoms with Crippen molar-refractivity contribution in [2.45, 2.75) is 30.3 Å². The number of piperidine rings is 1. The fraction of sp³-hybridized carbons (Fsp3) is 0.476. The van der Waals surface area contributed by atoms with Crippen LogP contribution in [-0.2, 0) is 12.5 Å². The minimum absolute atomic E-state index is 0. The summed E-state index contributed by atoms with van der Waals surface area (Å²) in [4.78, 5) is 6.78. The zero-order chi connectivity index (χ0) is 19.1. The molecule has 1 saturated heterocycles. The number of thioether (sulfide) groups is 1. The Bertz CT molecular complexity index is 975. The van der Waals surface area contributed by atoms with Crippen LogP contribution >= 0.6 is 24.2 Å². The van der Waals surface area contributed by atoms with Gasteiger partial charge in [0.2, 0.25) is 5.82 Å². The Hall–Kier alpha value is -1.83. The molecule has 2 atom stereocenters. The highest BCUT2D eigenvalue weighted by Crippen LogP contribution is 2.58. The van der Waals surface area contributed by atoms with Crippen molar-refractivity contribution in [1.82, 2.24) is 24.6 Å². The molecule has 29 heavy (non-hydrogen) atoms. The molecule has 3 aromatic rings. The van der Waals surface area contributed by atoms with Crippen LogP contribution in [0.25, 0.3) is 11.6 Å². The summed E-state index contributed by atoms with van der Waals surface area (Å²) in [5, 5.41) is 9.53. The number of fused-ring (bicyclic) bond motifs is 1. The molecular weight excluding hydrogens is 406 g/mol. The van der Waals surface area contributed by atoms with E-state index >= 15 is 0 Å². The van der Waals surface area contributed by atoms with Crippen molar-refractivity contribution in [2.75, 3.05) is 25.4 Å². The zero-order valence-corrected chi connectivity index (χ0v) is 18.4. The molecule has 0 amide bonds. The number of hydrogen-bond donors (Lipinski definition) is 0. The number of nitrogens with zero attached hydrogens (tertiary/aromatic N) is 5. The van der Waals surface area contributed by atoms with Crippen molar-refractivity contribution >= 4 is 24.2 Å². The SMILES string of the molecule is Cc1ncoc1-c1nnc(SCCCN2CC3CC3(c3ccccc3)C2)n1C.Cl. The Morgan fingerprint density at radius 3 is 2.83 bits per heavy atom. The van der Waals surface area contributed by atoms with Gasteiger partial charge in [-0.2, -0.15) is 0 Å². The lowest BCUT2D eigenvalue weighted by Gasteiger charge is -2.20. The molecule has 1 saturated carbocycles. The van der Waals surface area contributed by atoms with Gasteiger partial charge in [-0.3, -0.25) is 0 Å². The average molecular weight is 432 g/mol. The summed E-state index contributed by atoms with van der Waals surface area (Å²) in [7, 11) is 1.98. The monoisotopic (exact) mass is 431 g/mol. The van der Waals surface area contributed by atoms with Crippen LogP contribution in [0.2, 0.25) is 0 Å². The molecule has 3 heterocycles. The largest absolute Gasteiger partial charge is 0.440 e. The molecule has 2 aromatic heterocycles. The first-order valence-corrected chi connectivity index (χ1v) is 10.9. The number of benzene rings is 1. The van der Waals surface area contributed by atoms with Gasteiger partial charge in [-0.1, -0.05) is 42.1 Å². The summed E-state index contributed by atoms with van der Waals surface area (Å²) in [5.41, 5.74) is 2.82. The van der Waals surface area contributed by atoms with E-state index in [-0.39, 0.29) is 12.4 Å². The predicted octanol–water partition coefficient (Wildman–Crippen LogP) is 3.96. The maximum absolute atomic E-state index is 5.45. The van der Waals surface area contributed by atoms with Crippen LogP contribution in [0.4, 0.5) is 0 Å². The Morgan fingerprint density at radius 2 is 2.07 bits per heavy atom. The number of hydrogen-bond acceptors (Lipinski definition) is 6. The van der Waals surface area contributed by atoms with Gasteiger partial charge in [0.05, 0.1) is 5.69 Å². The maximum atomic E-state index is 5.45. The van der Waals surface area contributed by atoms with Crippen LogP contribution in [-0.4, -0.2) is 50.0 Å². The molecule has 154 valence electrons. The number of aryl methyl sites for hydroxylation is 1. The fourth-order valence-corrected chi connectivity index (χ4v) is 5.42. The second-order valence-electron chi connectivity index (χ2n) is 7.99. The second kappa shape index (κ2) is 8.13. The molecule has 8 heteroatoms. The fourth-order valence-electron chi connectivity index (χ4n) is 4.58. The first-order chi connectivity index (χ1) is 13.7. The molecule has 2 aliphatic rings. The van der Waals surface area contributed by atoms with E-state index in [9.17, 15) is 0 Å². The Morgan fingerprint density at radius 1 is 1.24 bits per heavy atom. The third-order valence-corrected chi connectivity index (χ3v) is 7.30. The molecule has 1 aromatic carbocycles. The molecule has 0 radical (unpaired) electrons. The highest BCUT2D eigenvalue weighted by molar-refractivity contribution is 7.99. The highest BCUT2D eigenvalue weighted by Gasteiger charge is 2.60. The third kappa shape index (κ3) is 3.71. The minimum atomic E-state index is 0. The molecule has 2 unspecified atom stereocenters. The van der Waals surface area contributed by atoms with E-state index in [1.165, 1.54) is 31.5 Å². The summed E-state index contributed by atoms with van der Waals surface area (Å²) in [6.07, 6.45) is 3.98. The topological polar surface area (TPSA) is 60.0 Å². The number of likely N-dealkylation sites (tertiary alicyclic amines) is 1. The third-order valence-electron chi connectivity index (χ3n) is 6.20. The molecule has 1 aliphatic heterocycles. The quantitative estimate of drug-likeness (QED) is 0.417. The molecule has 2 fully saturated rings. The van der Waals surface area contributed by atoms with E-state index in [0.29, 0.717) is 11.2 Å². The smallest absolute Gasteiger partial charge is 0.202 e. The van der Waals surface area contributed by atoms with Gasteiger partial charge in [-0.15, -0.1) is 22.6 Å². The summed E-state index contributed by atoms with van der Waals surface area (Å²) in [5.74, 6) is 3.33. The molecule has 1 aliphatic carbocycles. The van der Waals surface area contributed by atoms with Crippen molar-refractivity contribution < 1.29 is 4.42 Å². The van der Waals surface area contributed by atoms with Crippen LogP contribution < -0.4 is 0 Å². The van der Waals surface area contributed by atoms with Gasteiger partial charge < -0.3 is 13.9 Å². The van der Waals surface area contributed by atoms with Crippen molar-refractivity contribution in [2.24, 2.45) is 13.0 Å². The van der Waals surface area contributed by atoms with Gasteiger partial charge in [0, 0.05) is 31.3 Å². The van der Waals surface area contributed by atoms with E-state index in [1.54, 1.807) is 11.8 Å². The van der Waals surface area contributed by atoms with Crippen LogP contribution in [0.3, 0.4) is 0 Å². The zero-order valence-electron chi connectivity index (χ0n) is 16.7. The maximum Gasteiger partial charge on any atom is 0.202 e. The summed E-state index contributed by atoms with van der Waals surface area (Å²) in [6, 6.07) is 11.1. The molecule has 0 bridgehead atoms. The summed E-state index contributed by atoms with van der Waals surface area (Å²) < 4.78 is 7.44. The first kappa shape index (κ1) is 20.4. The summed E-state index contributed by atoms with van der Waals surface area (Å²) >= 11 is 1.76. The molecule has 0 N–H and O–H groups in total. The van der Waals surface area contributed by atoms with Crippen LogP contribution in [0.15, 0.2) is 46.3 Å². The molecule has 5 rings (SSSR count). The van der Waals surface area contributed by atoms with Gasteiger partial charge in [0.1, 0.15) is 0 Å². The number of rotatable bonds is 7. The van der Waals surface area contributed by atoms with Gasteiger partial charge in [0.15, 0.2) is 17.3 Å². The first-order valence-electron chi connectivity index (χ1n) is 9.88. The van der Waals surface area contributed by atoms with E-state index in [4.69, 9.17) is 4.42 Å². The van der Waals surface area contributed by atoms with Gasteiger partial charge in [0.25, 0.3) is 0 Å². The van der Waals surface area contributed by atoms with Gasteiger partial charge >= 0.3 is 0 Å². The van der Waals surface area contributed by atoms with E-state index < -0.39 is 0 Å². The van der Waals surface area contributed by atoms with E-state index in [1.807, 2.05) is 18.5 Å². The van der Waals surface area contributed by atoms with Crippen molar-refractivity contribution in [3.05, 3.63) is 48.0 Å². The Labute approximate surface area is 181 Å². The van der Waals surface area contributed by atoms with Crippen molar-refractivity contribution in [1.29, 1.82) is 0 Å². The van der Waals surface area contributed by atoms with Crippen molar-refractivity contribution in [3.63, 3.8) is 0 Å². The number of halogens is 1. The lowest BCUT2D eigenvalue weighted by atomic mass is 9.95. The average Bonchev–Trinajstić information content (AvgIpc) is 3.02. The normalized spacial score (nSPS) is 23.0. The Kier molecular flexibility index (Phi) is 5.73. The number of aromatic nitrogens is 4. The van der Waals surface area contributed by atoms with Gasteiger partial charge in [-0.25, -0.2) is 4.98 Å². The van der Waals surface area contributed by atoms with Crippen molar-refractivity contribution in [3.8, 4) is 11.6 Å². The second-order valence-corrected chi connectivity index (χ2v) is 9.05.